The summed E-state index contributed by atoms with van der Waals surface area (Å²) in [6.45, 7) is 2.93. The van der Waals surface area contributed by atoms with E-state index in [9.17, 15) is 4.79 Å². The first-order valence-corrected chi connectivity index (χ1v) is 10.6. The van der Waals surface area contributed by atoms with Gasteiger partial charge in [-0.3, -0.25) is 4.90 Å². The van der Waals surface area contributed by atoms with Crippen molar-refractivity contribution in [3.63, 3.8) is 0 Å². The molecule has 2 aliphatic rings. The summed E-state index contributed by atoms with van der Waals surface area (Å²) in [5, 5.41) is 7.20. The number of rotatable bonds is 6. The Bertz CT molecular complexity index is 768. The first kappa shape index (κ1) is 19.3. The maximum Gasteiger partial charge on any atom is 0.315 e. The van der Waals surface area contributed by atoms with Crippen LogP contribution in [0.15, 0.2) is 54.6 Å². The summed E-state index contributed by atoms with van der Waals surface area (Å²) in [5.74, 6) is 0.578. The molecule has 0 bridgehead atoms. The standard InChI is InChI=1S/C23H28ClN3O/c24-20-10-6-17(7-11-20)16-27-14-12-21(13-15-27)25-23(28)26-22(19-8-9-19)18-4-2-1-3-5-18/h1-7,10-11,19,21-22H,8-9,12-16H2,(H2,25,26,28). The summed E-state index contributed by atoms with van der Waals surface area (Å²) < 4.78 is 0. The lowest BCUT2D eigenvalue weighted by atomic mass is 10.0. The number of amides is 2. The molecule has 4 nitrogen and oxygen atoms in total. The molecule has 2 amide bonds. The Morgan fingerprint density at radius 3 is 2.32 bits per heavy atom. The van der Waals surface area contributed by atoms with E-state index in [1.807, 2.05) is 30.3 Å². The van der Waals surface area contributed by atoms with Gasteiger partial charge in [0.25, 0.3) is 0 Å². The second kappa shape index (κ2) is 8.97. The maximum absolute atomic E-state index is 12.6. The normalized spacial score (nSPS) is 19.2. The van der Waals surface area contributed by atoms with Gasteiger partial charge in [0.15, 0.2) is 0 Å². The fourth-order valence-electron chi connectivity index (χ4n) is 4.02. The smallest absolute Gasteiger partial charge is 0.315 e. The van der Waals surface area contributed by atoms with E-state index in [2.05, 4.69) is 39.8 Å². The van der Waals surface area contributed by atoms with Gasteiger partial charge < -0.3 is 10.6 Å². The Kier molecular flexibility index (Phi) is 6.18. The SMILES string of the molecule is O=C(NC1CCN(Cc2ccc(Cl)cc2)CC1)NC(c1ccccc1)C1CC1. The van der Waals surface area contributed by atoms with Gasteiger partial charge in [0.2, 0.25) is 0 Å². The van der Waals surface area contributed by atoms with Gasteiger partial charge in [-0.2, -0.15) is 0 Å². The minimum atomic E-state index is -0.0306. The van der Waals surface area contributed by atoms with Crippen molar-refractivity contribution in [2.45, 2.75) is 44.3 Å². The first-order chi connectivity index (χ1) is 13.7. The molecule has 4 rings (SSSR count). The van der Waals surface area contributed by atoms with Crippen LogP contribution < -0.4 is 10.6 Å². The molecule has 0 radical (unpaired) electrons. The number of carbonyl (C=O) groups is 1. The molecule has 148 valence electrons. The summed E-state index contributed by atoms with van der Waals surface area (Å²) in [6, 6.07) is 18.7. The number of piperidine rings is 1. The maximum atomic E-state index is 12.6. The second-order valence-corrected chi connectivity index (χ2v) is 8.46. The van der Waals surface area contributed by atoms with E-state index in [1.54, 1.807) is 0 Å². The lowest BCUT2D eigenvalue weighted by molar-refractivity contribution is 0.185. The number of nitrogens with zero attached hydrogens (tertiary/aromatic N) is 1. The monoisotopic (exact) mass is 397 g/mol. The first-order valence-electron chi connectivity index (χ1n) is 10.3. The Balaban J connectivity index is 1.24. The number of hydrogen-bond acceptors (Lipinski definition) is 2. The molecule has 1 unspecified atom stereocenters. The number of benzene rings is 2. The molecule has 0 spiro atoms. The highest BCUT2D eigenvalue weighted by Crippen LogP contribution is 2.40. The van der Waals surface area contributed by atoms with E-state index in [-0.39, 0.29) is 18.1 Å². The summed E-state index contributed by atoms with van der Waals surface area (Å²) >= 11 is 5.96. The van der Waals surface area contributed by atoms with Crippen molar-refractivity contribution in [3.8, 4) is 0 Å². The third-order valence-electron chi connectivity index (χ3n) is 5.78. The van der Waals surface area contributed by atoms with Crippen LogP contribution in [0, 0.1) is 5.92 Å². The highest BCUT2D eigenvalue weighted by Gasteiger charge is 2.33. The van der Waals surface area contributed by atoms with Gasteiger partial charge in [0.05, 0.1) is 6.04 Å². The van der Waals surface area contributed by atoms with Crippen LogP contribution in [0.25, 0.3) is 0 Å². The average Bonchev–Trinajstić information content (AvgIpc) is 3.55. The van der Waals surface area contributed by atoms with Crippen molar-refractivity contribution in [2.24, 2.45) is 5.92 Å². The van der Waals surface area contributed by atoms with Gasteiger partial charge in [-0.1, -0.05) is 54.1 Å². The second-order valence-electron chi connectivity index (χ2n) is 8.02. The molecule has 2 aromatic carbocycles. The molecule has 1 heterocycles. The van der Waals surface area contributed by atoms with Crippen LogP contribution in [0.5, 0.6) is 0 Å². The molecular weight excluding hydrogens is 370 g/mol. The Morgan fingerprint density at radius 2 is 1.68 bits per heavy atom. The minimum Gasteiger partial charge on any atom is -0.335 e. The van der Waals surface area contributed by atoms with E-state index < -0.39 is 0 Å². The number of likely N-dealkylation sites (tertiary alicyclic amines) is 1. The molecular formula is C23H28ClN3O. The molecule has 1 aliphatic heterocycles. The van der Waals surface area contributed by atoms with Gasteiger partial charge in [-0.15, -0.1) is 0 Å². The molecule has 1 atom stereocenters. The number of hydrogen-bond donors (Lipinski definition) is 2. The predicted molar refractivity (Wildman–Crippen MR) is 113 cm³/mol. The van der Waals surface area contributed by atoms with E-state index in [1.165, 1.54) is 24.0 Å². The molecule has 0 aromatic heterocycles. The Labute approximate surface area is 172 Å². The largest absolute Gasteiger partial charge is 0.335 e. The van der Waals surface area contributed by atoms with Gasteiger partial charge in [-0.25, -0.2) is 4.79 Å². The number of urea groups is 1. The molecule has 2 fully saturated rings. The number of halogens is 1. The zero-order chi connectivity index (χ0) is 19.3. The zero-order valence-electron chi connectivity index (χ0n) is 16.1. The third kappa shape index (κ3) is 5.27. The van der Waals surface area contributed by atoms with Crippen LogP contribution >= 0.6 is 11.6 Å². The summed E-state index contributed by atoms with van der Waals surface area (Å²) in [7, 11) is 0. The van der Waals surface area contributed by atoms with Crippen LogP contribution in [-0.2, 0) is 6.54 Å². The summed E-state index contributed by atoms with van der Waals surface area (Å²) in [4.78, 5) is 15.0. The van der Waals surface area contributed by atoms with Crippen molar-refractivity contribution < 1.29 is 4.79 Å². The molecule has 5 heteroatoms. The van der Waals surface area contributed by atoms with Crippen LogP contribution in [-0.4, -0.2) is 30.1 Å². The van der Waals surface area contributed by atoms with Crippen molar-refractivity contribution in [3.05, 3.63) is 70.7 Å². The Morgan fingerprint density at radius 1 is 1.00 bits per heavy atom. The quantitative estimate of drug-likeness (QED) is 0.738. The predicted octanol–water partition coefficient (Wildman–Crippen LogP) is 4.75. The fourth-order valence-corrected chi connectivity index (χ4v) is 4.14. The van der Waals surface area contributed by atoms with Gasteiger partial charge in [-0.05, 0) is 54.9 Å². The van der Waals surface area contributed by atoms with Gasteiger partial charge >= 0.3 is 6.03 Å². The number of nitrogens with one attached hydrogen (secondary N) is 2. The summed E-state index contributed by atoms with van der Waals surface area (Å²) in [5.41, 5.74) is 2.49. The molecule has 2 N–H and O–H groups in total. The van der Waals surface area contributed by atoms with E-state index >= 15 is 0 Å². The lowest BCUT2D eigenvalue weighted by Gasteiger charge is -2.32. The highest BCUT2D eigenvalue weighted by atomic mass is 35.5. The Hall–Kier alpha value is -2.04. The van der Waals surface area contributed by atoms with Gasteiger partial charge in [0, 0.05) is 30.7 Å². The van der Waals surface area contributed by atoms with Crippen LogP contribution in [0.3, 0.4) is 0 Å². The van der Waals surface area contributed by atoms with E-state index in [4.69, 9.17) is 11.6 Å². The van der Waals surface area contributed by atoms with Crippen molar-refractivity contribution in [1.29, 1.82) is 0 Å². The van der Waals surface area contributed by atoms with Crippen molar-refractivity contribution in [2.75, 3.05) is 13.1 Å². The van der Waals surface area contributed by atoms with E-state index in [0.29, 0.717) is 5.92 Å². The fraction of sp³-hybridized carbons (Fsp3) is 0.435. The number of carbonyl (C=O) groups excluding carboxylic acids is 1. The van der Waals surface area contributed by atoms with Crippen LogP contribution in [0.1, 0.15) is 42.9 Å². The molecule has 28 heavy (non-hydrogen) atoms. The van der Waals surface area contributed by atoms with Gasteiger partial charge in [0.1, 0.15) is 0 Å². The lowest BCUT2D eigenvalue weighted by Crippen LogP contribution is -2.48. The molecule has 1 saturated carbocycles. The topological polar surface area (TPSA) is 44.4 Å². The molecule has 2 aromatic rings. The highest BCUT2D eigenvalue weighted by molar-refractivity contribution is 6.30. The summed E-state index contributed by atoms with van der Waals surface area (Å²) in [6.07, 6.45) is 4.37. The minimum absolute atomic E-state index is 0.0306. The average molecular weight is 398 g/mol. The van der Waals surface area contributed by atoms with Crippen molar-refractivity contribution >= 4 is 17.6 Å². The van der Waals surface area contributed by atoms with Crippen LogP contribution in [0.2, 0.25) is 5.02 Å². The van der Waals surface area contributed by atoms with Crippen LogP contribution in [0.4, 0.5) is 4.79 Å². The van der Waals surface area contributed by atoms with Crippen molar-refractivity contribution in [1.82, 2.24) is 15.5 Å². The third-order valence-corrected chi connectivity index (χ3v) is 6.03. The van der Waals surface area contributed by atoms with E-state index in [0.717, 1.165) is 37.5 Å². The zero-order valence-corrected chi connectivity index (χ0v) is 16.9. The molecule has 1 aliphatic carbocycles. The molecule has 1 saturated heterocycles.